The molecular formula is C15H20N4O3. The molecule has 3 heterocycles. The number of carboxylic acid groups (broad SMARTS) is 1. The second-order valence-electron chi connectivity index (χ2n) is 6.07. The first-order chi connectivity index (χ1) is 10.4. The number of fused-ring (bicyclic) bond motifs is 1. The summed E-state index contributed by atoms with van der Waals surface area (Å²) in [5.74, 6) is 0.191. The molecule has 0 aliphatic carbocycles. The van der Waals surface area contributed by atoms with Crippen LogP contribution in [0.25, 0.3) is 5.65 Å². The molecule has 2 aromatic heterocycles. The van der Waals surface area contributed by atoms with E-state index in [0.717, 1.165) is 18.5 Å². The van der Waals surface area contributed by atoms with Crippen LogP contribution in [0.1, 0.15) is 42.8 Å². The van der Waals surface area contributed by atoms with Crippen molar-refractivity contribution >= 4 is 11.7 Å². The molecule has 2 aromatic rings. The van der Waals surface area contributed by atoms with Crippen LogP contribution in [0, 0.1) is 19.8 Å². The molecule has 118 valence electrons. The van der Waals surface area contributed by atoms with Crippen molar-refractivity contribution in [1.82, 2.24) is 19.5 Å². The smallest absolute Gasteiger partial charge is 0.407 e. The molecule has 7 nitrogen and oxygen atoms in total. The molecule has 1 aliphatic heterocycles. The number of hydrogen-bond acceptors (Lipinski definition) is 3. The summed E-state index contributed by atoms with van der Waals surface area (Å²) >= 11 is 0. The normalized spacial score (nSPS) is 22.2. The Balaban J connectivity index is 2.14. The first kappa shape index (κ1) is 14.6. The average Bonchev–Trinajstić information content (AvgIpc) is 2.88. The van der Waals surface area contributed by atoms with Gasteiger partial charge in [-0.25, -0.2) is 14.3 Å². The Labute approximate surface area is 127 Å². The van der Waals surface area contributed by atoms with Gasteiger partial charge in [0.15, 0.2) is 5.65 Å². The maximum absolute atomic E-state index is 12.3. The van der Waals surface area contributed by atoms with Crippen LogP contribution in [0.3, 0.4) is 0 Å². The van der Waals surface area contributed by atoms with E-state index in [0.29, 0.717) is 23.4 Å². The Hall–Kier alpha value is -2.31. The van der Waals surface area contributed by atoms with Crippen LogP contribution in [-0.2, 0) is 0 Å². The summed E-state index contributed by atoms with van der Waals surface area (Å²) in [5, 5.41) is 12.5. The van der Waals surface area contributed by atoms with Crippen molar-refractivity contribution in [2.45, 2.75) is 39.7 Å². The maximum atomic E-state index is 12.3. The Morgan fingerprint density at radius 3 is 2.86 bits per heavy atom. The van der Waals surface area contributed by atoms with E-state index in [1.807, 2.05) is 6.92 Å². The molecule has 3 rings (SSSR count). The number of aromatic nitrogens is 3. The number of aromatic amines is 1. The number of H-pyrrole nitrogens is 1. The third-order valence-corrected chi connectivity index (χ3v) is 4.60. The zero-order valence-electron chi connectivity index (χ0n) is 13.0. The highest BCUT2D eigenvalue weighted by Crippen LogP contribution is 2.35. The lowest BCUT2D eigenvalue weighted by atomic mass is 9.89. The van der Waals surface area contributed by atoms with Gasteiger partial charge in [0, 0.05) is 23.9 Å². The van der Waals surface area contributed by atoms with Crippen molar-refractivity contribution in [1.29, 1.82) is 0 Å². The van der Waals surface area contributed by atoms with Gasteiger partial charge in [0.2, 0.25) is 0 Å². The van der Waals surface area contributed by atoms with E-state index in [-0.39, 0.29) is 17.5 Å². The molecule has 1 amide bonds. The lowest BCUT2D eigenvalue weighted by Crippen LogP contribution is -2.41. The Kier molecular flexibility index (Phi) is 3.42. The summed E-state index contributed by atoms with van der Waals surface area (Å²) < 4.78 is 1.40. The first-order valence-corrected chi connectivity index (χ1v) is 7.48. The summed E-state index contributed by atoms with van der Waals surface area (Å²) in [5.41, 5.74) is 2.41. The lowest BCUT2D eigenvalue weighted by Gasteiger charge is -2.37. The van der Waals surface area contributed by atoms with Gasteiger partial charge in [-0.2, -0.15) is 0 Å². The molecular weight excluding hydrogens is 284 g/mol. The van der Waals surface area contributed by atoms with Crippen molar-refractivity contribution in [2.75, 3.05) is 6.54 Å². The largest absolute Gasteiger partial charge is 0.465 e. The summed E-state index contributed by atoms with van der Waals surface area (Å²) in [6, 6.07) is 1.52. The summed E-state index contributed by atoms with van der Waals surface area (Å²) in [6.07, 6.45) is 0.896. The highest BCUT2D eigenvalue weighted by atomic mass is 16.4. The fourth-order valence-electron chi connectivity index (χ4n) is 3.27. The van der Waals surface area contributed by atoms with Crippen molar-refractivity contribution in [3.05, 3.63) is 33.4 Å². The van der Waals surface area contributed by atoms with E-state index in [1.165, 1.54) is 9.42 Å². The average molecular weight is 304 g/mol. The number of nitrogens with one attached hydrogen (secondary N) is 1. The second kappa shape index (κ2) is 5.15. The summed E-state index contributed by atoms with van der Waals surface area (Å²) in [7, 11) is 0. The number of amides is 1. The summed E-state index contributed by atoms with van der Waals surface area (Å²) in [6.45, 7) is 6.10. The van der Waals surface area contributed by atoms with Gasteiger partial charge in [-0.15, -0.1) is 0 Å². The zero-order valence-corrected chi connectivity index (χ0v) is 13.0. The van der Waals surface area contributed by atoms with Crippen LogP contribution < -0.4 is 5.56 Å². The molecule has 1 saturated heterocycles. The molecule has 2 atom stereocenters. The topological polar surface area (TPSA) is 90.7 Å². The van der Waals surface area contributed by atoms with Gasteiger partial charge >= 0.3 is 6.09 Å². The molecule has 0 radical (unpaired) electrons. The quantitative estimate of drug-likeness (QED) is 0.844. The van der Waals surface area contributed by atoms with Gasteiger partial charge in [0.05, 0.1) is 11.7 Å². The highest BCUT2D eigenvalue weighted by Gasteiger charge is 2.34. The number of carbonyl (C=O) groups is 1. The molecule has 22 heavy (non-hydrogen) atoms. The molecule has 1 aliphatic rings. The predicted octanol–water partition coefficient (Wildman–Crippen LogP) is 2.09. The second-order valence-corrected chi connectivity index (χ2v) is 6.07. The Bertz CT molecular complexity index is 792. The molecule has 0 aromatic carbocycles. The standard InChI is InChI=1S/C15H20N4O3/c1-8-5-4-6-18(15(21)22)13(8)11-7-12-16-10(3)9(2)14(20)19(12)17-11/h7-8,13,17H,4-6H2,1-3H3,(H,21,22). The monoisotopic (exact) mass is 304 g/mol. The van der Waals surface area contributed by atoms with Gasteiger partial charge < -0.3 is 5.11 Å². The van der Waals surface area contributed by atoms with E-state index < -0.39 is 6.09 Å². The number of aryl methyl sites for hydroxylation is 1. The minimum Gasteiger partial charge on any atom is -0.465 e. The minimum absolute atomic E-state index is 0.140. The molecule has 1 fully saturated rings. The van der Waals surface area contributed by atoms with Crippen LogP contribution in [-0.4, -0.2) is 37.2 Å². The van der Waals surface area contributed by atoms with Crippen molar-refractivity contribution in [3.8, 4) is 0 Å². The van der Waals surface area contributed by atoms with Crippen molar-refractivity contribution < 1.29 is 9.90 Å². The third-order valence-electron chi connectivity index (χ3n) is 4.60. The third kappa shape index (κ3) is 2.17. The van der Waals surface area contributed by atoms with E-state index in [2.05, 4.69) is 10.1 Å². The molecule has 0 bridgehead atoms. The van der Waals surface area contributed by atoms with Gasteiger partial charge in [-0.3, -0.25) is 14.8 Å². The van der Waals surface area contributed by atoms with Crippen molar-refractivity contribution in [3.63, 3.8) is 0 Å². The van der Waals surface area contributed by atoms with Crippen molar-refractivity contribution in [2.24, 2.45) is 5.92 Å². The number of likely N-dealkylation sites (tertiary alicyclic amines) is 1. The van der Waals surface area contributed by atoms with Crippen LogP contribution in [0.15, 0.2) is 10.9 Å². The van der Waals surface area contributed by atoms with Crippen LogP contribution in [0.2, 0.25) is 0 Å². The number of hydrogen-bond donors (Lipinski definition) is 2. The van der Waals surface area contributed by atoms with Gasteiger partial charge in [-0.1, -0.05) is 6.92 Å². The van der Waals surface area contributed by atoms with E-state index in [9.17, 15) is 14.7 Å². The van der Waals surface area contributed by atoms with E-state index >= 15 is 0 Å². The fraction of sp³-hybridized carbons (Fsp3) is 0.533. The minimum atomic E-state index is -0.928. The molecule has 0 spiro atoms. The van der Waals surface area contributed by atoms with E-state index in [4.69, 9.17) is 0 Å². The number of piperidine rings is 1. The van der Waals surface area contributed by atoms with E-state index in [1.54, 1.807) is 19.9 Å². The van der Waals surface area contributed by atoms with Crippen LogP contribution in [0.5, 0.6) is 0 Å². The summed E-state index contributed by atoms with van der Waals surface area (Å²) in [4.78, 5) is 29.7. The molecule has 2 unspecified atom stereocenters. The Morgan fingerprint density at radius 2 is 2.18 bits per heavy atom. The lowest BCUT2D eigenvalue weighted by molar-refractivity contribution is 0.0810. The predicted molar refractivity (Wildman–Crippen MR) is 81.2 cm³/mol. The number of rotatable bonds is 1. The first-order valence-electron chi connectivity index (χ1n) is 7.48. The molecule has 0 saturated carbocycles. The maximum Gasteiger partial charge on any atom is 0.407 e. The Morgan fingerprint density at radius 1 is 1.45 bits per heavy atom. The SMILES string of the molecule is Cc1nc2cc(C3C(C)CCCN3C(=O)O)[nH]n2c(=O)c1C. The van der Waals surface area contributed by atoms with Gasteiger partial charge in [0.1, 0.15) is 0 Å². The zero-order chi connectivity index (χ0) is 16.0. The van der Waals surface area contributed by atoms with Crippen LogP contribution >= 0.6 is 0 Å². The van der Waals surface area contributed by atoms with Gasteiger partial charge in [0.25, 0.3) is 5.56 Å². The fourth-order valence-corrected chi connectivity index (χ4v) is 3.27. The molecule has 2 N–H and O–H groups in total. The molecule has 7 heteroatoms. The van der Waals surface area contributed by atoms with Gasteiger partial charge in [-0.05, 0) is 32.6 Å². The number of nitrogens with zero attached hydrogens (tertiary/aromatic N) is 3. The highest BCUT2D eigenvalue weighted by molar-refractivity contribution is 5.66. The van der Waals surface area contributed by atoms with Crippen LogP contribution in [0.4, 0.5) is 4.79 Å².